The van der Waals surface area contributed by atoms with Gasteiger partial charge in [0.05, 0.1) is 31.3 Å². The van der Waals surface area contributed by atoms with Crippen molar-refractivity contribution in [2.45, 2.75) is 31.3 Å². The van der Waals surface area contributed by atoms with Crippen molar-refractivity contribution >= 4 is 5.91 Å². The van der Waals surface area contributed by atoms with E-state index in [0.717, 1.165) is 19.4 Å². The van der Waals surface area contributed by atoms with Gasteiger partial charge in [-0.2, -0.15) is 0 Å². The van der Waals surface area contributed by atoms with Crippen LogP contribution >= 0.6 is 0 Å². The number of carbonyl (C=O) groups is 1. The van der Waals surface area contributed by atoms with Crippen LogP contribution in [0.25, 0.3) is 0 Å². The van der Waals surface area contributed by atoms with Crippen LogP contribution in [0.4, 0.5) is 0 Å². The first-order chi connectivity index (χ1) is 7.61. The lowest BCUT2D eigenvalue weighted by Crippen LogP contribution is -2.55. The first kappa shape index (κ1) is 11.8. The molecule has 3 unspecified atom stereocenters. The number of amides is 1. The lowest BCUT2D eigenvalue weighted by Gasteiger charge is -2.35. The first-order valence-corrected chi connectivity index (χ1v) is 5.84. The Balaban J connectivity index is 1.90. The molecule has 0 radical (unpaired) electrons. The quantitative estimate of drug-likeness (QED) is 0.677. The highest BCUT2D eigenvalue weighted by Gasteiger charge is 2.36. The Hall–Kier alpha value is -0.650. The molecule has 2 saturated heterocycles. The fraction of sp³-hybridized carbons (Fsp3) is 0.909. The third kappa shape index (κ3) is 2.53. The van der Waals surface area contributed by atoms with Gasteiger partial charge in [-0.05, 0) is 19.8 Å². The molecule has 92 valence electrons. The molecule has 0 aromatic rings. The smallest absolute Gasteiger partial charge is 0.227 e. The fourth-order valence-electron chi connectivity index (χ4n) is 2.26. The third-order valence-corrected chi connectivity index (χ3v) is 3.32. The molecule has 2 rings (SSSR count). The van der Waals surface area contributed by atoms with E-state index < -0.39 is 0 Å². The van der Waals surface area contributed by atoms with E-state index >= 15 is 0 Å². The summed E-state index contributed by atoms with van der Waals surface area (Å²) in [5, 5.41) is 3.04. The van der Waals surface area contributed by atoms with E-state index in [1.165, 1.54) is 0 Å². The molecule has 2 aliphatic rings. The van der Waals surface area contributed by atoms with Crippen LogP contribution in [0.2, 0.25) is 0 Å². The molecule has 2 aliphatic heterocycles. The van der Waals surface area contributed by atoms with Gasteiger partial charge in [-0.3, -0.25) is 4.79 Å². The molecule has 2 fully saturated rings. The predicted molar refractivity (Wildman–Crippen MR) is 58.9 cm³/mol. The van der Waals surface area contributed by atoms with Crippen molar-refractivity contribution in [1.82, 2.24) is 5.32 Å². The molecule has 2 heterocycles. The number of hydrogen-bond acceptors (Lipinski definition) is 4. The summed E-state index contributed by atoms with van der Waals surface area (Å²) in [7, 11) is 0. The van der Waals surface area contributed by atoms with Gasteiger partial charge >= 0.3 is 0 Å². The number of nitrogens with one attached hydrogen (secondary N) is 1. The summed E-state index contributed by atoms with van der Waals surface area (Å²) in [5.41, 5.74) is 5.57. The van der Waals surface area contributed by atoms with Gasteiger partial charge in [0.1, 0.15) is 0 Å². The first-order valence-electron chi connectivity index (χ1n) is 5.84. The monoisotopic (exact) mass is 228 g/mol. The second-order valence-corrected chi connectivity index (χ2v) is 5.01. The SMILES string of the molecule is CC1(NC(=O)C2COCC2N)CCCOC1. The molecule has 0 spiro atoms. The van der Waals surface area contributed by atoms with Crippen molar-refractivity contribution in [3.63, 3.8) is 0 Å². The summed E-state index contributed by atoms with van der Waals surface area (Å²) in [6.45, 7) is 4.31. The van der Waals surface area contributed by atoms with Crippen molar-refractivity contribution in [2.75, 3.05) is 26.4 Å². The third-order valence-electron chi connectivity index (χ3n) is 3.32. The molecular weight excluding hydrogens is 208 g/mol. The van der Waals surface area contributed by atoms with E-state index in [-0.39, 0.29) is 23.4 Å². The van der Waals surface area contributed by atoms with Crippen LogP contribution in [0.15, 0.2) is 0 Å². The highest BCUT2D eigenvalue weighted by atomic mass is 16.5. The molecule has 16 heavy (non-hydrogen) atoms. The van der Waals surface area contributed by atoms with E-state index in [1.54, 1.807) is 0 Å². The normalized spacial score (nSPS) is 39.6. The lowest BCUT2D eigenvalue weighted by molar-refractivity contribution is -0.128. The molecule has 5 heteroatoms. The average molecular weight is 228 g/mol. The minimum atomic E-state index is -0.238. The summed E-state index contributed by atoms with van der Waals surface area (Å²) >= 11 is 0. The van der Waals surface area contributed by atoms with E-state index in [0.29, 0.717) is 19.8 Å². The molecule has 0 aromatic heterocycles. The van der Waals surface area contributed by atoms with Crippen molar-refractivity contribution in [1.29, 1.82) is 0 Å². The van der Waals surface area contributed by atoms with Crippen LogP contribution in [0, 0.1) is 5.92 Å². The van der Waals surface area contributed by atoms with Crippen LogP contribution < -0.4 is 11.1 Å². The minimum absolute atomic E-state index is 0.00185. The minimum Gasteiger partial charge on any atom is -0.379 e. The molecule has 5 nitrogen and oxygen atoms in total. The van der Waals surface area contributed by atoms with Crippen LogP contribution in [0.1, 0.15) is 19.8 Å². The lowest BCUT2D eigenvalue weighted by atomic mass is 9.93. The van der Waals surface area contributed by atoms with Gasteiger partial charge < -0.3 is 20.5 Å². The van der Waals surface area contributed by atoms with Crippen molar-refractivity contribution in [3.8, 4) is 0 Å². The maximum Gasteiger partial charge on any atom is 0.227 e. The van der Waals surface area contributed by atoms with Gasteiger partial charge in [0, 0.05) is 12.6 Å². The number of hydrogen-bond donors (Lipinski definition) is 2. The standard InChI is InChI=1S/C11H20N2O3/c1-11(3-2-4-15-7-11)13-10(14)8-5-16-6-9(8)12/h8-9H,2-7,12H2,1H3,(H,13,14). The van der Waals surface area contributed by atoms with E-state index in [2.05, 4.69) is 5.32 Å². The van der Waals surface area contributed by atoms with E-state index in [1.807, 2.05) is 6.92 Å². The predicted octanol–water partition coefficient (Wildman–Crippen LogP) is -0.355. The Labute approximate surface area is 95.7 Å². The van der Waals surface area contributed by atoms with E-state index in [4.69, 9.17) is 15.2 Å². The largest absolute Gasteiger partial charge is 0.379 e. The zero-order valence-electron chi connectivity index (χ0n) is 9.70. The van der Waals surface area contributed by atoms with Gasteiger partial charge in [-0.25, -0.2) is 0 Å². The molecule has 0 aromatic carbocycles. The summed E-state index contributed by atoms with van der Waals surface area (Å²) in [5.74, 6) is -0.211. The Bertz CT molecular complexity index is 264. The maximum absolute atomic E-state index is 12.0. The number of nitrogens with two attached hydrogens (primary N) is 1. The Morgan fingerprint density at radius 1 is 1.44 bits per heavy atom. The highest BCUT2D eigenvalue weighted by Crippen LogP contribution is 2.20. The molecule has 0 aliphatic carbocycles. The van der Waals surface area contributed by atoms with Gasteiger partial charge in [-0.1, -0.05) is 0 Å². The zero-order chi connectivity index (χ0) is 11.6. The summed E-state index contributed by atoms with van der Waals surface area (Å²) in [4.78, 5) is 12.0. The summed E-state index contributed by atoms with van der Waals surface area (Å²) in [6, 6.07) is -0.173. The molecule has 3 atom stereocenters. The zero-order valence-corrected chi connectivity index (χ0v) is 9.70. The molecular formula is C11H20N2O3. The topological polar surface area (TPSA) is 73.6 Å². The van der Waals surface area contributed by atoms with Gasteiger partial charge in [0.2, 0.25) is 5.91 Å². The van der Waals surface area contributed by atoms with Crippen molar-refractivity contribution < 1.29 is 14.3 Å². The van der Waals surface area contributed by atoms with Crippen LogP contribution in [-0.4, -0.2) is 43.9 Å². The second kappa shape index (κ2) is 4.69. The second-order valence-electron chi connectivity index (χ2n) is 5.01. The Morgan fingerprint density at radius 2 is 2.25 bits per heavy atom. The molecule has 0 saturated carbocycles. The van der Waals surface area contributed by atoms with E-state index in [9.17, 15) is 4.79 Å². The van der Waals surface area contributed by atoms with Crippen LogP contribution in [0.5, 0.6) is 0 Å². The highest BCUT2D eigenvalue weighted by molar-refractivity contribution is 5.80. The fourth-order valence-corrected chi connectivity index (χ4v) is 2.26. The number of carbonyl (C=O) groups excluding carboxylic acids is 1. The van der Waals surface area contributed by atoms with Crippen molar-refractivity contribution in [3.05, 3.63) is 0 Å². The van der Waals surface area contributed by atoms with Gasteiger partial charge in [0.15, 0.2) is 0 Å². The molecule has 0 bridgehead atoms. The molecule has 1 amide bonds. The van der Waals surface area contributed by atoms with Crippen molar-refractivity contribution in [2.24, 2.45) is 11.7 Å². The van der Waals surface area contributed by atoms with Crippen LogP contribution in [0.3, 0.4) is 0 Å². The van der Waals surface area contributed by atoms with Gasteiger partial charge in [0.25, 0.3) is 0 Å². The van der Waals surface area contributed by atoms with Crippen LogP contribution in [-0.2, 0) is 14.3 Å². The summed E-state index contributed by atoms with van der Waals surface area (Å²) in [6.07, 6.45) is 1.95. The van der Waals surface area contributed by atoms with Gasteiger partial charge in [-0.15, -0.1) is 0 Å². The number of rotatable bonds is 2. The summed E-state index contributed by atoms with van der Waals surface area (Å²) < 4.78 is 10.6. The Morgan fingerprint density at radius 3 is 2.81 bits per heavy atom. The maximum atomic E-state index is 12.0. The Kier molecular flexibility index (Phi) is 3.47. The number of ether oxygens (including phenoxy) is 2. The average Bonchev–Trinajstić information content (AvgIpc) is 2.65. The molecule has 3 N–H and O–H groups in total.